The molecule has 0 N–H and O–H groups in total. The lowest BCUT2D eigenvalue weighted by Crippen LogP contribution is -2.47. The van der Waals surface area contributed by atoms with Crippen molar-refractivity contribution in [3.63, 3.8) is 0 Å². The minimum atomic E-state index is 0.220. The maximum atomic E-state index is 5.60. The zero-order valence-corrected chi connectivity index (χ0v) is 9.76. The number of hydrogen-bond acceptors (Lipinski definition) is 2. The summed E-state index contributed by atoms with van der Waals surface area (Å²) in [6, 6.07) is 0. The number of likely N-dealkylation sites (N-methyl/N-ethyl adjacent to an activating group) is 1. The van der Waals surface area contributed by atoms with Crippen LogP contribution in [-0.2, 0) is 4.74 Å². The molecule has 1 spiro atoms. The molecule has 2 aliphatic heterocycles. The molecule has 0 radical (unpaired) electrons. The molecule has 14 heavy (non-hydrogen) atoms. The second kappa shape index (κ2) is 3.07. The Labute approximate surface area is 86.9 Å². The van der Waals surface area contributed by atoms with Crippen molar-refractivity contribution in [1.82, 2.24) is 4.90 Å². The molecule has 2 heterocycles. The van der Waals surface area contributed by atoms with Gasteiger partial charge in [-0.25, -0.2) is 0 Å². The zero-order valence-electron chi connectivity index (χ0n) is 9.76. The first kappa shape index (κ1) is 10.2. The summed E-state index contributed by atoms with van der Waals surface area (Å²) in [4.78, 5) is 2.45. The molecule has 0 aromatic carbocycles. The van der Waals surface area contributed by atoms with Crippen LogP contribution in [0, 0.1) is 5.41 Å². The number of rotatable bonds is 0. The van der Waals surface area contributed by atoms with Gasteiger partial charge in [0, 0.05) is 13.2 Å². The molecule has 0 amide bonds. The van der Waals surface area contributed by atoms with Crippen molar-refractivity contribution in [3.8, 4) is 0 Å². The quantitative estimate of drug-likeness (QED) is 0.549. The first-order valence-corrected chi connectivity index (χ1v) is 5.47. The van der Waals surface area contributed by atoms with Gasteiger partial charge in [-0.1, -0.05) is 26.8 Å². The van der Waals surface area contributed by atoms with E-state index in [1.54, 1.807) is 5.57 Å². The monoisotopic (exact) mass is 195 g/mol. The Hall–Kier alpha value is -0.340. The smallest absolute Gasteiger partial charge is 0.0690 e. The van der Waals surface area contributed by atoms with Crippen LogP contribution >= 0.6 is 0 Å². The molecule has 0 saturated carbocycles. The summed E-state index contributed by atoms with van der Waals surface area (Å²) < 4.78 is 5.60. The lowest BCUT2D eigenvalue weighted by molar-refractivity contribution is 0.122. The topological polar surface area (TPSA) is 12.5 Å². The van der Waals surface area contributed by atoms with Crippen LogP contribution < -0.4 is 0 Å². The Morgan fingerprint density at radius 1 is 1.43 bits per heavy atom. The number of ether oxygens (including phenoxy) is 1. The average Bonchev–Trinajstić information content (AvgIpc) is 2.62. The van der Waals surface area contributed by atoms with Crippen molar-refractivity contribution >= 4 is 0 Å². The van der Waals surface area contributed by atoms with Gasteiger partial charge in [0.05, 0.1) is 12.1 Å². The van der Waals surface area contributed by atoms with Crippen LogP contribution in [0.15, 0.2) is 11.6 Å². The van der Waals surface area contributed by atoms with Crippen molar-refractivity contribution in [1.29, 1.82) is 0 Å². The van der Waals surface area contributed by atoms with E-state index in [0.717, 1.165) is 26.2 Å². The molecular formula is C12H21NO. The number of nitrogens with zero attached hydrogens (tertiary/aromatic N) is 1. The summed E-state index contributed by atoms with van der Waals surface area (Å²) in [5.41, 5.74) is 2.07. The molecule has 0 aromatic heterocycles. The fourth-order valence-corrected chi connectivity index (χ4v) is 2.87. The average molecular weight is 195 g/mol. The Morgan fingerprint density at radius 3 is 2.64 bits per heavy atom. The molecule has 0 aliphatic carbocycles. The molecule has 80 valence electrons. The third kappa shape index (κ3) is 1.32. The molecule has 1 saturated heterocycles. The Morgan fingerprint density at radius 2 is 2.14 bits per heavy atom. The fraction of sp³-hybridized carbons (Fsp3) is 0.833. The van der Waals surface area contributed by atoms with Gasteiger partial charge < -0.3 is 4.74 Å². The van der Waals surface area contributed by atoms with Crippen molar-refractivity contribution < 1.29 is 4.74 Å². The van der Waals surface area contributed by atoms with Crippen LogP contribution in [0.25, 0.3) is 0 Å². The van der Waals surface area contributed by atoms with E-state index in [1.165, 1.54) is 0 Å². The highest BCUT2D eigenvalue weighted by atomic mass is 16.5. The molecule has 1 atom stereocenters. The molecule has 0 unspecified atom stereocenters. The van der Waals surface area contributed by atoms with Crippen LogP contribution in [0.5, 0.6) is 0 Å². The first-order chi connectivity index (χ1) is 6.47. The lowest BCUT2D eigenvalue weighted by Gasteiger charge is -2.39. The minimum absolute atomic E-state index is 0.220. The normalized spacial score (nSPS) is 34.1. The van der Waals surface area contributed by atoms with E-state index in [0.29, 0.717) is 0 Å². The second-order valence-corrected chi connectivity index (χ2v) is 5.58. The summed E-state index contributed by atoms with van der Waals surface area (Å²) >= 11 is 0. The maximum Gasteiger partial charge on any atom is 0.0690 e. The van der Waals surface area contributed by atoms with Gasteiger partial charge in [0.15, 0.2) is 0 Å². The predicted molar refractivity (Wildman–Crippen MR) is 58.3 cm³/mol. The predicted octanol–water partition coefficient (Wildman–Crippen LogP) is 2.06. The van der Waals surface area contributed by atoms with Gasteiger partial charge >= 0.3 is 0 Å². The van der Waals surface area contributed by atoms with Crippen LogP contribution in [0.2, 0.25) is 0 Å². The highest BCUT2D eigenvalue weighted by molar-refractivity contribution is 5.32. The summed E-state index contributed by atoms with van der Waals surface area (Å²) in [5, 5.41) is 0. The largest absolute Gasteiger partial charge is 0.379 e. The molecule has 2 heteroatoms. The van der Waals surface area contributed by atoms with E-state index in [9.17, 15) is 0 Å². The van der Waals surface area contributed by atoms with Crippen LogP contribution in [0.1, 0.15) is 27.2 Å². The molecule has 0 bridgehead atoms. The Kier molecular flexibility index (Phi) is 2.24. The summed E-state index contributed by atoms with van der Waals surface area (Å²) in [5.74, 6) is 0. The molecular weight excluding hydrogens is 174 g/mol. The maximum absolute atomic E-state index is 5.60. The van der Waals surface area contributed by atoms with Gasteiger partial charge in [-0.05, 0) is 24.5 Å². The van der Waals surface area contributed by atoms with Crippen LogP contribution in [-0.4, -0.2) is 37.2 Å². The van der Waals surface area contributed by atoms with Gasteiger partial charge in [-0.3, -0.25) is 4.90 Å². The first-order valence-electron chi connectivity index (χ1n) is 5.47. The summed E-state index contributed by atoms with van der Waals surface area (Å²) in [6.07, 6.45) is 3.56. The highest BCUT2D eigenvalue weighted by Gasteiger charge is 2.48. The van der Waals surface area contributed by atoms with E-state index in [2.05, 4.69) is 38.8 Å². The molecule has 2 nitrogen and oxygen atoms in total. The third-order valence-corrected chi connectivity index (χ3v) is 3.61. The molecule has 0 aromatic rings. The van der Waals surface area contributed by atoms with Gasteiger partial charge in [0.25, 0.3) is 0 Å². The Balaban J connectivity index is 2.33. The third-order valence-electron chi connectivity index (χ3n) is 3.61. The van der Waals surface area contributed by atoms with Gasteiger partial charge in [0.1, 0.15) is 0 Å². The van der Waals surface area contributed by atoms with Gasteiger partial charge in [-0.2, -0.15) is 0 Å². The van der Waals surface area contributed by atoms with E-state index in [4.69, 9.17) is 4.74 Å². The summed E-state index contributed by atoms with van der Waals surface area (Å²) in [7, 11) is 2.21. The van der Waals surface area contributed by atoms with Crippen molar-refractivity contribution in [2.75, 3.05) is 26.8 Å². The Bertz CT molecular complexity index is 256. The minimum Gasteiger partial charge on any atom is -0.379 e. The fourth-order valence-electron chi connectivity index (χ4n) is 2.87. The van der Waals surface area contributed by atoms with Crippen molar-refractivity contribution in [3.05, 3.63) is 11.6 Å². The lowest BCUT2D eigenvalue weighted by atomic mass is 9.74. The van der Waals surface area contributed by atoms with Crippen LogP contribution in [0.4, 0.5) is 0 Å². The SMILES string of the molecule is CN1CC=C(C(C)(C)C)[C@@]12CCOC2. The van der Waals surface area contributed by atoms with Gasteiger partial charge in [0.2, 0.25) is 0 Å². The van der Waals surface area contributed by atoms with E-state index in [1.807, 2.05) is 0 Å². The zero-order chi connectivity index (χ0) is 10.4. The number of hydrogen-bond donors (Lipinski definition) is 0. The van der Waals surface area contributed by atoms with Crippen LogP contribution in [0.3, 0.4) is 0 Å². The van der Waals surface area contributed by atoms with Crippen molar-refractivity contribution in [2.24, 2.45) is 5.41 Å². The van der Waals surface area contributed by atoms with E-state index in [-0.39, 0.29) is 11.0 Å². The van der Waals surface area contributed by atoms with Gasteiger partial charge in [-0.15, -0.1) is 0 Å². The van der Waals surface area contributed by atoms with E-state index >= 15 is 0 Å². The highest BCUT2D eigenvalue weighted by Crippen LogP contribution is 2.45. The molecule has 2 rings (SSSR count). The standard InChI is InChI=1S/C12H21NO/c1-11(2,3)10-5-7-13(4)12(10)6-8-14-9-12/h5H,6-9H2,1-4H3/t12-/m0/s1. The van der Waals surface area contributed by atoms with Crippen molar-refractivity contribution in [2.45, 2.75) is 32.7 Å². The molecule has 1 fully saturated rings. The second-order valence-electron chi connectivity index (χ2n) is 5.58. The molecule has 2 aliphatic rings. The van der Waals surface area contributed by atoms with E-state index < -0.39 is 0 Å². The summed E-state index contributed by atoms with van der Waals surface area (Å²) in [6.45, 7) is 9.79.